The van der Waals surface area contributed by atoms with E-state index in [1.807, 2.05) is 30.3 Å². The zero-order chi connectivity index (χ0) is 29.4. The van der Waals surface area contributed by atoms with Gasteiger partial charge < -0.3 is 31.1 Å². The number of aliphatic hydroxyl groups is 1. The van der Waals surface area contributed by atoms with Gasteiger partial charge in [-0.15, -0.1) is 24.8 Å². The number of benzene rings is 3. The molecule has 43 heavy (non-hydrogen) atoms. The highest BCUT2D eigenvalue weighted by atomic mass is 35.5. The number of ether oxygens (including phenoxy) is 1. The van der Waals surface area contributed by atoms with E-state index in [0.29, 0.717) is 64.4 Å². The number of carbonyl (C=O) groups excluding carboxylic acids is 2. The number of nitrogens with one attached hydrogen (secondary N) is 5. The summed E-state index contributed by atoms with van der Waals surface area (Å²) >= 11 is 0. The maximum atomic E-state index is 13.2. The van der Waals surface area contributed by atoms with Gasteiger partial charge in [-0.1, -0.05) is 30.3 Å². The monoisotopic (exact) mass is 652 g/mol. The molecular weight excluding hydrogens is 619 g/mol. The summed E-state index contributed by atoms with van der Waals surface area (Å²) in [7, 11) is -1.99. The molecule has 0 unspecified atom stereocenters. The van der Waals surface area contributed by atoms with E-state index in [1.165, 1.54) is 7.11 Å². The molecule has 0 saturated heterocycles. The van der Waals surface area contributed by atoms with Crippen LogP contribution in [0.5, 0.6) is 5.75 Å². The molecule has 0 aliphatic heterocycles. The summed E-state index contributed by atoms with van der Waals surface area (Å²) < 4.78 is 31.3. The second kappa shape index (κ2) is 16.1. The van der Waals surface area contributed by atoms with Crippen molar-refractivity contribution in [2.45, 2.75) is 0 Å². The van der Waals surface area contributed by atoms with E-state index in [-0.39, 0.29) is 43.9 Å². The molecule has 12 nitrogen and oxygen atoms in total. The van der Waals surface area contributed by atoms with Crippen molar-refractivity contribution in [1.82, 2.24) is 20.9 Å². The number of hydrogen-bond donors (Lipinski definition) is 6. The van der Waals surface area contributed by atoms with Crippen molar-refractivity contribution < 1.29 is 27.9 Å². The first-order valence-electron chi connectivity index (χ1n) is 12.8. The summed E-state index contributed by atoms with van der Waals surface area (Å²) in [5.74, 6) is -0.392. The SMILES string of the molecule is COc1cc(NS(C)(=O)=O)ccc1Nc1c2ccccc2nc2c(C(=O)NCC(=O)NCCNCCO)cccc12.Cl.Cl. The molecule has 1 aromatic heterocycles. The Bertz CT molecular complexity index is 1690. The van der Waals surface area contributed by atoms with E-state index >= 15 is 0 Å². The maximum Gasteiger partial charge on any atom is 0.253 e. The van der Waals surface area contributed by atoms with Crippen LogP contribution < -0.4 is 30.7 Å². The Morgan fingerprint density at radius 3 is 2.40 bits per heavy atom. The Kier molecular flexibility index (Phi) is 13.2. The van der Waals surface area contributed by atoms with Crippen LogP contribution in [0.2, 0.25) is 0 Å². The Morgan fingerprint density at radius 1 is 0.930 bits per heavy atom. The molecule has 15 heteroatoms. The molecule has 1 heterocycles. The van der Waals surface area contributed by atoms with Crippen molar-refractivity contribution in [2.24, 2.45) is 0 Å². The molecule has 4 aromatic rings. The van der Waals surface area contributed by atoms with Gasteiger partial charge in [0.25, 0.3) is 5.91 Å². The van der Waals surface area contributed by atoms with E-state index in [9.17, 15) is 18.0 Å². The van der Waals surface area contributed by atoms with Crippen LogP contribution in [0.4, 0.5) is 17.1 Å². The van der Waals surface area contributed by atoms with Crippen molar-refractivity contribution in [3.8, 4) is 5.75 Å². The fourth-order valence-corrected chi connectivity index (χ4v) is 4.81. The molecule has 0 spiro atoms. The lowest BCUT2D eigenvalue weighted by atomic mass is 10.0. The van der Waals surface area contributed by atoms with Crippen LogP contribution in [0.25, 0.3) is 21.8 Å². The molecule has 0 fully saturated rings. The number of amides is 2. The zero-order valence-electron chi connectivity index (χ0n) is 23.5. The van der Waals surface area contributed by atoms with Crippen molar-refractivity contribution >= 4 is 85.5 Å². The van der Waals surface area contributed by atoms with Crippen molar-refractivity contribution in [1.29, 1.82) is 0 Å². The van der Waals surface area contributed by atoms with E-state index in [4.69, 9.17) is 14.8 Å². The molecule has 6 N–H and O–H groups in total. The smallest absolute Gasteiger partial charge is 0.253 e. The van der Waals surface area contributed by atoms with Crippen LogP contribution in [0, 0.1) is 0 Å². The molecule has 4 rings (SSSR count). The number of halogens is 2. The molecule has 0 atom stereocenters. The minimum atomic E-state index is -3.47. The number of nitrogens with zero attached hydrogens (tertiary/aromatic N) is 1. The number of aromatic nitrogens is 1. The Morgan fingerprint density at radius 2 is 1.67 bits per heavy atom. The van der Waals surface area contributed by atoms with Gasteiger partial charge in [0, 0.05) is 36.5 Å². The second-order valence-corrected chi connectivity index (χ2v) is 10.9. The van der Waals surface area contributed by atoms with E-state index in [1.54, 1.807) is 30.3 Å². The van der Waals surface area contributed by atoms with Crippen LogP contribution in [0.15, 0.2) is 60.7 Å². The third-order valence-corrected chi connectivity index (χ3v) is 6.65. The number of anilines is 3. The first-order valence-corrected chi connectivity index (χ1v) is 14.7. The maximum absolute atomic E-state index is 13.2. The minimum absolute atomic E-state index is 0. The topological polar surface area (TPSA) is 171 Å². The molecule has 3 aromatic carbocycles. The van der Waals surface area contributed by atoms with Gasteiger partial charge in [0.15, 0.2) is 0 Å². The van der Waals surface area contributed by atoms with Crippen LogP contribution in [-0.2, 0) is 14.8 Å². The largest absolute Gasteiger partial charge is 0.494 e. The number of aliphatic hydroxyl groups excluding tert-OH is 1. The number of rotatable bonds is 13. The molecule has 232 valence electrons. The molecule has 0 saturated carbocycles. The van der Waals surface area contributed by atoms with E-state index in [2.05, 4.69) is 26.0 Å². The van der Waals surface area contributed by atoms with E-state index < -0.39 is 15.9 Å². The van der Waals surface area contributed by atoms with Gasteiger partial charge in [0.1, 0.15) is 5.75 Å². The van der Waals surface area contributed by atoms with Gasteiger partial charge in [0.2, 0.25) is 15.9 Å². The summed E-state index contributed by atoms with van der Waals surface area (Å²) in [4.78, 5) is 30.1. The van der Waals surface area contributed by atoms with Gasteiger partial charge in [0.05, 0.1) is 60.2 Å². The number of para-hydroxylation sites is 2. The van der Waals surface area contributed by atoms with Crippen LogP contribution >= 0.6 is 24.8 Å². The van der Waals surface area contributed by atoms with Gasteiger partial charge >= 0.3 is 0 Å². The summed E-state index contributed by atoms with van der Waals surface area (Å²) in [5, 5.41) is 22.0. The highest BCUT2D eigenvalue weighted by molar-refractivity contribution is 7.92. The van der Waals surface area contributed by atoms with Gasteiger partial charge in [-0.25, -0.2) is 13.4 Å². The van der Waals surface area contributed by atoms with Gasteiger partial charge in [-0.3, -0.25) is 14.3 Å². The zero-order valence-corrected chi connectivity index (χ0v) is 25.9. The first kappa shape index (κ1) is 35.3. The Labute approximate surface area is 261 Å². The molecular formula is C28H34Cl2N6O6S. The molecule has 2 amide bonds. The molecule has 0 aliphatic carbocycles. The standard InChI is InChI=1S/C28H32N6O6S.2ClH/c1-40-24-16-18(34-41(2,38)39)10-11-23(24)33-26-19-6-3-4-9-22(19)32-27-20(26)7-5-8-21(27)28(37)31-17-25(36)30-13-12-29-14-15-35;;/h3-11,16,29,34-35H,12-15,17H2,1-2H3,(H,30,36)(H,31,37)(H,32,33);2*1H. The number of sulfonamides is 1. The van der Waals surface area contributed by atoms with Gasteiger partial charge in [-0.05, 0) is 24.3 Å². The number of methoxy groups -OCH3 is 1. The fraction of sp³-hybridized carbons (Fsp3) is 0.250. The Balaban J connectivity index is 0.00000323. The quantitative estimate of drug-likeness (QED) is 0.0938. The summed E-state index contributed by atoms with van der Waals surface area (Å²) in [6.07, 6.45) is 1.07. The van der Waals surface area contributed by atoms with E-state index in [0.717, 1.165) is 11.6 Å². The highest BCUT2D eigenvalue weighted by Crippen LogP contribution is 2.38. The van der Waals surface area contributed by atoms with Gasteiger partial charge in [-0.2, -0.15) is 0 Å². The number of hydrogen-bond acceptors (Lipinski definition) is 9. The number of carbonyl (C=O) groups is 2. The third-order valence-electron chi connectivity index (χ3n) is 6.04. The summed E-state index contributed by atoms with van der Waals surface area (Å²) in [5.41, 5.74) is 2.98. The lowest BCUT2D eigenvalue weighted by Gasteiger charge is -2.17. The summed E-state index contributed by atoms with van der Waals surface area (Å²) in [6.45, 7) is 1.10. The third kappa shape index (κ3) is 9.30. The molecule has 0 radical (unpaired) electrons. The fourth-order valence-electron chi connectivity index (χ4n) is 4.25. The lowest BCUT2D eigenvalue weighted by Crippen LogP contribution is -2.40. The number of fused-ring (bicyclic) bond motifs is 2. The predicted molar refractivity (Wildman–Crippen MR) is 174 cm³/mol. The normalized spacial score (nSPS) is 10.8. The lowest BCUT2D eigenvalue weighted by molar-refractivity contribution is -0.120. The minimum Gasteiger partial charge on any atom is -0.494 e. The van der Waals surface area contributed by atoms with Crippen molar-refractivity contribution in [3.05, 3.63) is 66.2 Å². The predicted octanol–water partition coefficient (Wildman–Crippen LogP) is 2.78. The average molecular weight is 654 g/mol. The number of pyridine rings is 1. The molecule has 0 aliphatic rings. The van der Waals surface area contributed by atoms with Crippen molar-refractivity contribution in [3.63, 3.8) is 0 Å². The summed E-state index contributed by atoms with van der Waals surface area (Å²) in [6, 6.07) is 17.6. The second-order valence-electron chi connectivity index (χ2n) is 9.13. The first-order chi connectivity index (χ1) is 19.7. The molecule has 0 bridgehead atoms. The average Bonchev–Trinajstić information content (AvgIpc) is 2.95. The Hall–Kier alpha value is -3.88. The highest BCUT2D eigenvalue weighted by Gasteiger charge is 2.18. The van der Waals surface area contributed by atoms with Crippen LogP contribution in [0.1, 0.15) is 10.4 Å². The van der Waals surface area contributed by atoms with Crippen molar-refractivity contribution in [2.75, 3.05) is 56.2 Å². The van der Waals surface area contributed by atoms with Crippen LogP contribution in [0.3, 0.4) is 0 Å². The van der Waals surface area contributed by atoms with Crippen LogP contribution in [-0.4, -0.2) is 76.5 Å².